The molecule has 1 aliphatic rings. The lowest BCUT2D eigenvalue weighted by Gasteiger charge is -2.23. The van der Waals surface area contributed by atoms with Gasteiger partial charge in [-0.2, -0.15) is 0 Å². The molecule has 1 N–H and O–H groups in total. The van der Waals surface area contributed by atoms with Crippen LogP contribution in [0.5, 0.6) is 0 Å². The average Bonchev–Trinajstić information content (AvgIpc) is 3.21. The molecule has 0 unspecified atom stereocenters. The maximum absolute atomic E-state index is 12.6. The zero-order valence-corrected chi connectivity index (χ0v) is 19.9. The van der Waals surface area contributed by atoms with Crippen LogP contribution in [0.3, 0.4) is 0 Å². The maximum atomic E-state index is 12.6. The second kappa shape index (κ2) is 11.0. The minimum atomic E-state index is -0.0297. The second-order valence-corrected chi connectivity index (χ2v) is 9.04. The highest BCUT2D eigenvalue weighted by Crippen LogP contribution is 2.33. The van der Waals surface area contributed by atoms with E-state index in [9.17, 15) is 4.79 Å². The monoisotopic (exact) mass is 458 g/mol. The molecule has 4 aromatic carbocycles. The summed E-state index contributed by atoms with van der Waals surface area (Å²) in [6, 6.07) is 37.7. The Bertz CT molecular complexity index is 1270. The molecule has 4 aromatic rings. The van der Waals surface area contributed by atoms with Crippen LogP contribution in [-0.2, 0) is 24.3 Å². The van der Waals surface area contributed by atoms with Gasteiger partial charge in [0.25, 0.3) is 5.91 Å². The van der Waals surface area contributed by atoms with E-state index >= 15 is 0 Å². The predicted molar refractivity (Wildman–Crippen MR) is 145 cm³/mol. The molecule has 0 aromatic heterocycles. The Morgan fingerprint density at radius 3 is 2.00 bits per heavy atom. The number of carbonyl (C=O) groups is 1. The van der Waals surface area contributed by atoms with Crippen LogP contribution in [-0.4, -0.2) is 17.4 Å². The van der Waals surface area contributed by atoms with Crippen molar-refractivity contribution in [1.82, 2.24) is 4.90 Å². The van der Waals surface area contributed by atoms with Crippen LogP contribution in [0.1, 0.15) is 34.2 Å². The number of benzene rings is 4. The summed E-state index contributed by atoms with van der Waals surface area (Å²) >= 11 is 0. The van der Waals surface area contributed by atoms with Gasteiger partial charge in [0.1, 0.15) is 0 Å². The SMILES string of the molecule is O=C1Nc2ccccc2/C1=C\c1ccccc1CCCN(Cc1ccccc1)Cc1ccccc1. The molecular formula is C32H30N2O. The van der Waals surface area contributed by atoms with Crippen LogP contribution in [0.25, 0.3) is 11.6 Å². The normalized spacial score (nSPS) is 13.7. The summed E-state index contributed by atoms with van der Waals surface area (Å²) in [5, 5.41) is 2.98. The summed E-state index contributed by atoms with van der Waals surface area (Å²) in [4.78, 5) is 15.1. The molecule has 1 aliphatic heterocycles. The number of amides is 1. The Labute approximate surface area is 207 Å². The molecule has 5 rings (SSSR count). The molecule has 0 radical (unpaired) electrons. The Kier molecular flexibility index (Phi) is 7.16. The molecule has 35 heavy (non-hydrogen) atoms. The third-order valence-electron chi connectivity index (χ3n) is 6.48. The highest BCUT2D eigenvalue weighted by Gasteiger charge is 2.23. The van der Waals surface area contributed by atoms with E-state index in [2.05, 4.69) is 89.1 Å². The number of rotatable bonds is 9. The summed E-state index contributed by atoms with van der Waals surface area (Å²) in [6.07, 6.45) is 4.05. The van der Waals surface area contributed by atoms with Crippen molar-refractivity contribution >= 4 is 23.2 Å². The molecule has 0 spiro atoms. The highest BCUT2D eigenvalue weighted by atomic mass is 16.2. The summed E-state index contributed by atoms with van der Waals surface area (Å²) in [5.74, 6) is -0.0297. The molecule has 0 saturated carbocycles. The molecule has 0 bridgehead atoms. The van der Waals surface area contributed by atoms with Gasteiger partial charge in [0.15, 0.2) is 0 Å². The first-order chi connectivity index (χ1) is 17.3. The summed E-state index contributed by atoms with van der Waals surface area (Å²) in [6.45, 7) is 2.86. The Hall–Kier alpha value is -3.95. The molecule has 1 amide bonds. The standard InChI is InChI=1S/C32H30N2O/c35-32-30(29-19-9-10-20-31(29)33-32)22-28-17-8-7-16-27(28)18-11-21-34(23-25-12-3-1-4-13-25)24-26-14-5-2-6-15-26/h1-10,12-17,19-20,22H,11,18,21,23-24H2,(H,33,35)/b30-22+. The lowest BCUT2D eigenvalue weighted by molar-refractivity contribution is -0.110. The maximum Gasteiger partial charge on any atom is 0.256 e. The van der Waals surface area contributed by atoms with Crippen LogP contribution < -0.4 is 5.32 Å². The average molecular weight is 459 g/mol. The van der Waals surface area contributed by atoms with Gasteiger partial charge in [-0.3, -0.25) is 9.69 Å². The van der Waals surface area contributed by atoms with Crippen LogP contribution in [0.2, 0.25) is 0 Å². The molecular weight excluding hydrogens is 428 g/mol. The van der Waals surface area contributed by atoms with Crippen molar-refractivity contribution in [2.45, 2.75) is 25.9 Å². The number of hydrogen-bond acceptors (Lipinski definition) is 2. The first kappa shape index (κ1) is 22.8. The van der Waals surface area contributed by atoms with Crippen LogP contribution in [0.15, 0.2) is 109 Å². The minimum absolute atomic E-state index is 0.0297. The Balaban J connectivity index is 1.30. The number of nitrogens with one attached hydrogen (secondary N) is 1. The number of nitrogens with zero attached hydrogens (tertiary/aromatic N) is 1. The van der Waals surface area contributed by atoms with Crippen molar-refractivity contribution in [2.75, 3.05) is 11.9 Å². The van der Waals surface area contributed by atoms with Gasteiger partial charge >= 0.3 is 0 Å². The lowest BCUT2D eigenvalue weighted by atomic mass is 9.98. The topological polar surface area (TPSA) is 32.3 Å². The molecule has 174 valence electrons. The summed E-state index contributed by atoms with van der Waals surface area (Å²) in [5.41, 5.74) is 7.66. The molecule has 0 fully saturated rings. The van der Waals surface area contributed by atoms with Crippen molar-refractivity contribution in [1.29, 1.82) is 0 Å². The van der Waals surface area contributed by atoms with Gasteiger partial charge in [0.05, 0.1) is 0 Å². The number of para-hydroxylation sites is 1. The van der Waals surface area contributed by atoms with Crippen LogP contribution >= 0.6 is 0 Å². The Morgan fingerprint density at radius 1 is 0.686 bits per heavy atom. The molecule has 3 heteroatoms. The number of fused-ring (bicyclic) bond motifs is 1. The van der Waals surface area contributed by atoms with Crippen molar-refractivity contribution in [3.63, 3.8) is 0 Å². The highest BCUT2D eigenvalue weighted by molar-refractivity contribution is 6.34. The van der Waals surface area contributed by atoms with E-state index in [0.717, 1.165) is 54.9 Å². The van der Waals surface area contributed by atoms with E-state index in [-0.39, 0.29) is 5.91 Å². The molecule has 1 heterocycles. The molecule has 0 aliphatic carbocycles. The second-order valence-electron chi connectivity index (χ2n) is 9.04. The number of carbonyl (C=O) groups excluding carboxylic acids is 1. The van der Waals surface area contributed by atoms with Crippen molar-refractivity contribution < 1.29 is 4.79 Å². The predicted octanol–water partition coefficient (Wildman–Crippen LogP) is 6.81. The van der Waals surface area contributed by atoms with Gasteiger partial charge in [0, 0.05) is 29.9 Å². The fourth-order valence-corrected chi connectivity index (χ4v) is 4.73. The summed E-state index contributed by atoms with van der Waals surface area (Å²) < 4.78 is 0. The molecule has 3 nitrogen and oxygen atoms in total. The largest absolute Gasteiger partial charge is 0.321 e. The molecule has 0 saturated heterocycles. The van der Waals surface area contributed by atoms with Gasteiger partial charge in [0.2, 0.25) is 0 Å². The van der Waals surface area contributed by atoms with Gasteiger partial charge < -0.3 is 5.32 Å². The van der Waals surface area contributed by atoms with E-state index in [0.29, 0.717) is 0 Å². The zero-order chi connectivity index (χ0) is 23.9. The van der Waals surface area contributed by atoms with Gasteiger partial charge in [-0.05, 0) is 53.8 Å². The van der Waals surface area contributed by atoms with Gasteiger partial charge in [-0.15, -0.1) is 0 Å². The van der Waals surface area contributed by atoms with Crippen molar-refractivity contribution in [3.05, 3.63) is 137 Å². The van der Waals surface area contributed by atoms with E-state index in [1.807, 2.05) is 36.4 Å². The van der Waals surface area contributed by atoms with Gasteiger partial charge in [-0.25, -0.2) is 0 Å². The first-order valence-electron chi connectivity index (χ1n) is 12.3. The quantitative estimate of drug-likeness (QED) is 0.279. The number of hydrogen-bond donors (Lipinski definition) is 1. The fourth-order valence-electron chi connectivity index (χ4n) is 4.73. The number of anilines is 1. The van der Waals surface area contributed by atoms with Crippen molar-refractivity contribution in [3.8, 4) is 0 Å². The Morgan fingerprint density at radius 2 is 1.29 bits per heavy atom. The van der Waals surface area contributed by atoms with E-state index < -0.39 is 0 Å². The van der Waals surface area contributed by atoms with E-state index in [1.54, 1.807) is 0 Å². The van der Waals surface area contributed by atoms with E-state index in [4.69, 9.17) is 0 Å². The van der Waals surface area contributed by atoms with Crippen molar-refractivity contribution in [2.24, 2.45) is 0 Å². The third-order valence-corrected chi connectivity index (χ3v) is 6.48. The number of aryl methyl sites for hydroxylation is 1. The smallest absolute Gasteiger partial charge is 0.256 e. The van der Waals surface area contributed by atoms with Crippen LogP contribution in [0, 0.1) is 0 Å². The lowest BCUT2D eigenvalue weighted by Crippen LogP contribution is -2.24. The van der Waals surface area contributed by atoms with Crippen LogP contribution in [0.4, 0.5) is 5.69 Å². The summed E-state index contributed by atoms with van der Waals surface area (Å²) in [7, 11) is 0. The minimum Gasteiger partial charge on any atom is -0.321 e. The fraction of sp³-hybridized carbons (Fsp3) is 0.156. The third kappa shape index (κ3) is 5.76. The first-order valence-corrected chi connectivity index (χ1v) is 12.3. The zero-order valence-electron chi connectivity index (χ0n) is 19.9. The molecule has 0 atom stereocenters. The van der Waals surface area contributed by atoms with E-state index in [1.165, 1.54) is 16.7 Å². The van der Waals surface area contributed by atoms with Gasteiger partial charge in [-0.1, -0.05) is 103 Å².